The number of aromatic carboxylic acids is 1. The van der Waals surface area contributed by atoms with E-state index in [4.69, 9.17) is 16.1 Å². The van der Waals surface area contributed by atoms with E-state index in [9.17, 15) is 13.6 Å². The molecule has 0 aliphatic heterocycles. The highest BCUT2D eigenvalue weighted by Gasteiger charge is 2.24. The molecule has 3 N–H and O–H groups in total. The number of carboxylic acids is 1. The molecule has 0 unspecified atom stereocenters. The number of nitrogens with two attached hydrogens (primary N) is 1. The number of carbonyl (C=O) groups is 1. The Morgan fingerprint density at radius 1 is 1.56 bits per heavy atom. The van der Waals surface area contributed by atoms with Gasteiger partial charge < -0.3 is 10.8 Å². The molecule has 1 aromatic rings. The van der Waals surface area contributed by atoms with Crippen molar-refractivity contribution >= 4 is 5.97 Å². The van der Waals surface area contributed by atoms with Crippen molar-refractivity contribution in [1.82, 2.24) is 0 Å². The van der Waals surface area contributed by atoms with Gasteiger partial charge in [-0.3, -0.25) is 0 Å². The third-order valence-corrected chi connectivity index (χ3v) is 2.10. The van der Waals surface area contributed by atoms with Crippen LogP contribution in [-0.2, 0) is 6.54 Å². The standard InChI is InChI=1S/C10H8F2N2O2/c11-9(12)7-5(3-13)1-2-6(4-14)8(7)10(15)16/h1-2,9H,4,14H2,(H,15,16). The van der Waals surface area contributed by atoms with Crippen molar-refractivity contribution < 1.29 is 18.7 Å². The first-order valence-electron chi connectivity index (χ1n) is 4.30. The highest BCUT2D eigenvalue weighted by Crippen LogP contribution is 2.29. The van der Waals surface area contributed by atoms with Crippen LogP contribution in [0.25, 0.3) is 0 Å². The maximum atomic E-state index is 12.7. The number of nitriles is 1. The maximum Gasteiger partial charge on any atom is 0.336 e. The van der Waals surface area contributed by atoms with Crippen molar-refractivity contribution in [1.29, 1.82) is 5.26 Å². The fourth-order valence-electron chi connectivity index (χ4n) is 1.41. The van der Waals surface area contributed by atoms with Gasteiger partial charge in [-0.25, -0.2) is 13.6 Å². The smallest absolute Gasteiger partial charge is 0.336 e. The Bertz CT molecular complexity index is 467. The summed E-state index contributed by atoms with van der Waals surface area (Å²) in [7, 11) is 0. The summed E-state index contributed by atoms with van der Waals surface area (Å²) in [6.07, 6.45) is -3.02. The van der Waals surface area contributed by atoms with E-state index in [-0.39, 0.29) is 17.7 Å². The third-order valence-electron chi connectivity index (χ3n) is 2.10. The molecule has 0 bridgehead atoms. The number of nitrogens with zero attached hydrogens (tertiary/aromatic N) is 1. The van der Waals surface area contributed by atoms with Crippen LogP contribution in [0.3, 0.4) is 0 Å². The minimum absolute atomic E-state index is 0.0850. The molecule has 0 fully saturated rings. The number of hydrogen-bond acceptors (Lipinski definition) is 3. The topological polar surface area (TPSA) is 87.1 Å². The van der Waals surface area contributed by atoms with Gasteiger partial charge >= 0.3 is 5.97 Å². The minimum atomic E-state index is -3.02. The summed E-state index contributed by atoms with van der Waals surface area (Å²) < 4.78 is 25.4. The molecule has 0 saturated carbocycles. The molecule has 4 nitrogen and oxygen atoms in total. The zero-order valence-corrected chi connectivity index (χ0v) is 8.08. The number of rotatable bonds is 3. The van der Waals surface area contributed by atoms with Gasteiger partial charge in [0.2, 0.25) is 0 Å². The monoisotopic (exact) mass is 226 g/mol. The first-order chi connectivity index (χ1) is 7.52. The van der Waals surface area contributed by atoms with E-state index in [1.165, 1.54) is 12.1 Å². The zero-order valence-electron chi connectivity index (χ0n) is 8.08. The molecule has 6 heteroatoms. The maximum absolute atomic E-state index is 12.7. The Kier molecular flexibility index (Phi) is 3.53. The van der Waals surface area contributed by atoms with Gasteiger partial charge in [0.15, 0.2) is 0 Å². The molecule has 0 heterocycles. The highest BCUT2D eigenvalue weighted by molar-refractivity contribution is 5.92. The highest BCUT2D eigenvalue weighted by atomic mass is 19.3. The first kappa shape index (κ1) is 12.1. The van der Waals surface area contributed by atoms with Crippen LogP contribution in [0, 0.1) is 11.3 Å². The first-order valence-corrected chi connectivity index (χ1v) is 4.30. The van der Waals surface area contributed by atoms with Crippen molar-refractivity contribution in [3.05, 3.63) is 34.4 Å². The summed E-state index contributed by atoms with van der Waals surface area (Å²) in [6.45, 7) is -0.174. The van der Waals surface area contributed by atoms with Crippen LogP contribution in [0.5, 0.6) is 0 Å². The molecular weight excluding hydrogens is 218 g/mol. The Labute approximate surface area is 89.9 Å². The Hall–Kier alpha value is -2.00. The SMILES string of the molecule is N#Cc1ccc(CN)c(C(=O)O)c1C(F)F. The molecule has 0 aliphatic rings. The van der Waals surface area contributed by atoms with Crippen molar-refractivity contribution in [2.24, 2.45) is 5.73 Å². The van der Waals surface area contributed by atoms with Crippen LogP contribution in [0.15, 0.2) is 12.1 Å². The van der Waals surface area contributed by atoms with Gasteiger partial charge in [-0.15, -0.1) is 0 Å². The lowest BCUT2D eigenvalue weighted by molar-refractivity contribution is 0.0683. The molecule has 0 aromatic heterocycles. The summed E-state index contributed by atoms with van der Waals surface area (Å²) in [5.41, 5.74) is 3.66. The van der Waals surface area contributed by atoms with Crippen LogP contribution >= 0.6 is 0 Å². The van der Waals surface area contributed by atoms with Crippen molar-refractivity contribution in [2.45, 2.75) is 13.0 Å². The second-order valence-corrected chi connectivity index (χ2v) is 2.98. The van der Waals surface area contributed by atoms with Crippen molar-refractivity contribution in [3.63, 3.8) is 0 Å². The zero-order chi connectivity index (χ0) is 12.3. The van der Waals surface area contributed by atoms with E-state index >= 15 is 0 Å². The quantitative estimate of drug-likeness (QED) is 0.820. The molecule has 0 saturated heterocycles. The van der Waals surface area contributed by atoms with E-state index in [1.807, 2.05) is 0 Å². The summed E-state index contributed by atoms with van der Waals surface area (Å²) in [6, 6.07) is 3.96. The van der Waals surface area contributed by atoms with E-state index < -0.39 is 23.5 Å². The number of hydrogen-bond donors (Lipinski definition) is 2. The summed E-state index contributed by atoms with van der Waals surface area (Å²) >= 11 is 0. The molecule has 1 rings (SSSR count). The van der Waals surface area contributed by atoms with Gasteiger partial charge in [0.05, 0.1) is 22.8 Å². The molecule has 0 amide bonds. The molecule has 84 valence electrons. The number of halogens is 2. The Balaban J connectivity index is 3.61. The van der Waals surface area contributed by atoms with Gasteiger partial charge in [0, 0.05) is 6.54 Å². The second-order valence-electron chi connectivity index (χ2n) is 2.98. The summed E-state index contributed by atoms with van der Waals surface area (Å²) in [5.74, 6) is -1.51. The Morgan fingerprint density at radius 2 is 2.19 bits per heavy atom. The predicted octanol–water partition coefficient (Wildman–Crippen LogP) is 1.65. The van der Waals surface area contributed by atoms with Gasteiger partial charge in [0.1, 0.15) is 0 Å². The second kappa shape index (κ2) is 4.68. The number of carboxylic acid groups (broad SMARTS) is 1. The Morgan fingerprint density at radius 3 is 2.56 bits per heavy atom. The van der Waals surface area contributed by atoms with Crippen LogP contribution in [0.2, 0.25) is 0 Å². The minimum Gasteiger partial charge on any atom is -0.478 e. The third kappa shape index (κ3) is 1.99. The average molecular weight is 226 g/mol. The van der Waals surface area contributed by atoms with Crippen LogP contribution in [-0.4, -0.2) is 11.1 Å². The average Bonchev–Trinajstić information content (AvgIpc) is 2.26. The van der Waals surface area contributed by atoms with Gasteiger partial charge in [-0.2, -0.15) is 5.26 Å². The number of benzene rings is 1. The lowest BCUT2D eigenvalue weighted by atomic mass is 9.96. The lowest BCUT2D eigenvalue weighted by Crippen LogP contribution is -2.12. The van der Waals surface area contributed by atoms with Gasteiger partial charge in [-0.1, -0.05) is 6.07 Å². The van der Waals surface area contributed by atoms with Crippen LogP contribution in [0.1, 0.15) is 33.5 Å². The lowest BCUT2D eigenvalue weighted by Gasteiger charge is -2.11. The normalized spacial score (nSPS) is 10.2. The molecule has 0 aliphatic carbocycles. The van der Waals surface area contributed by atoms with Crippen molar-refractivity contribution in [2.75, 3.05) is 0 Å². The summed E-state index contributed by atoms with van der Waals surface area (Å²) in [5, 5.41) is 17.5. The molecule has 0 atom stereocenters. The molecular formula is C10H8F2N2O2. The van der Waals surface area contributed by atoms with E-state index in [2.05, 4.69) is 0 Å². The fraction of sp³-hybridized carbons (Fsp3) is 0.200. The van der Waals surface area contributed by atoms with Gasteiger partial charge in [-0.05, 0) is 11.6 Å². The molecule has 1 aromatic carbocycles. The molecule has 16 heavy (non-hydrogen) atoms. The van der Waals surface area contributed by atoms with Gasteiger partial charge in [0.25, 0.3) is 6.43 Å². The largest absolute Gasteiger partial charge is 0.478 e. The fourth-order valence-corrected chi connectivity index (χ4v) is 1.41. The van der Waals surface area contributed by atoms with Crippen LogP contribution < -0.4 is 5.73 Å². The molecule has 0 spiro atoms. The predicted molar refractivity (Wildman–Crippen MR) is 51.0 cm³/mol. The summed E-state index contributed by atoms with van der Waals surface area (Å²) in [4.78, 5) is 10.9. The number of alkyl halides is 2. The van der Waals surface area contributed by atoms with E-state index in [1.54, 1.807) is 0 Å². The van der Waals surface area contributed by atoms with E-state index in [0.29, 0.717) is 0 Å². The molecule has 0 radical (unpaired) electrons. The van der Waals surface area contributed by atoms with Crippen LogP contribution in [0.4, 0.5) is 8.78 Å². The van der Waals surface area contributed by atoms with E-state index in [0.717, 1.165) is 6.07 Å². The van der Waals surface area contributed by atoms with Crippen molar-refractivity contribution in [3.8, 4) is 6.07 Å².